The quantitative estimate of drug-likeness (QED) is 0.525. The number of halogens is 7. The van der Waals surface area contributed by atoms with Gasteiger partial charge in [-0.05, 0) is 33.6 Å². The maximum Gasteiger partial charge on any atom is 0.323 e. The molecule has 0 fully saturated rings. The average Bonchev–Trinajstić information content (AvgIpc) is 2.20. The van der Waals surface area contributed by atoms with E-state index in [1.165, 1.54) is 0 Å². The van der Waals surface area contributed by atoms with Gasteiger partial charge in [-0.1, -0.05) is 22.0 Å². The van der Waals surface area contributed by atoms with E-state index in [1.807, 2.05) is 0 Å². The molecule has 1 aromatic rings. The summed E-state index contributed by atoms with van der Waals surface area (Å²) in [5, 5.41) is 0. The van der Waals surface area contributed by atoms with Crippen LogP contribution in [0.15, 0.2) is 22.7 Å². The highest BCUT2D eigenvalue weighted by molar-refractivity contribution is 9.10. The van der Waals surface area contributed by atoms with Crippen LogP contribution in [0.1, 0.15) is 10.4 Å². The zero-order valence-electron chi connectivity index (χ0n) is 7.53. The minimum absolute atomic E-state index is 0.0560. The van der Waals surface area contributed by atoms with Gasteiger partial charge in [0, 0.05) is 0 Å². The van der Waals surface area contributed by atoms with E-state index in [0.29, 0.717) is 0 Å². The lowest BCUT2D eigenvalue weighted by Gasteiger charge is -2.21. The van der Waals surface area contributed by atoms with Gasteiger partial charge in [0.2, 0.25) is 0 Å². The summed E-state index contributed by atoms with van der Waals surface area (Å²) < 4.78 is 62.8. The van der Waals surface area contributed by atoms with Crippen LogP contribution < -0.4 is 0 Å². The van der Waals surface area contributed by atoms with Crippen LogP contribution in [-0.4, -0.2) is 12.3 Å². The predicted molar refractivity (Wildman–Crippen MR) is 56.7 cm³/mol. The molecule has 0 aliphatic carbocycles. The Morgan fingerprint density at radius 1 is 1.19 bits per heavy atom. The maximum absolute atomic E-state index is 13.0. The lowest BCUT2D eigenvalue weighted by molar-refractivity contribution is -0.127. The van der Waals surface area contributed by atoms with Gasteiger partial charge in [0.05, 0.1) is 4.47 Å². The summed E-state index contributed by atoms with van der Waals surface area (Å²) in [5.74, 6) is -4.86. The standard InChI is InChI=1S/C9H5Br2F5/c10-5-3-4(1-2-6(5)12)7(11)9(15,16)8(13)14/h1-3,7-8H. The largest absolute Gasteiger partial charge is 0.323 e. The van der Waals surface area contributed by atoms with Crippen molar-refractivity contribution in [1.29, 1.82) is 0 Å². The summed E-state index contributed by atoms with van der Waals surface area (Å²) in [4.78, 5) is -1.86. The fraction of sp³-hybridized carbons (Fsp3) is 0.333. The molecular weight excluding hydrogens is 363 g/mol. The van der Waals surface area contributed by atoms with Crippen LogP contribution in [0.3, 0.4) is 0 Å². The summed E-state index contributed by atoms with van der Waals surface area (Å²) in [6.07, 6.45) is -3.79. The zero-order chi connectivity index (χ0) is 12.5. The van der Waals surface area contributed by atoms with Crippen molar-refractivity contribution in [3.63, 3.8) is 0 Å². The van der Waals surface area contributed by atoms with Crippen LogP contribution in [0.5, 0.6) is 0 Å². The van der Waals surface area contributed by atoms with Gasteiger partial charge >= 0.3 is 12.3 Å². The number of rotatable bonds is 3. The molecule has 0 spiro atoms. The molecule has 1 unspecified atom stereocenters. The van der Waals surface area contributed by atoms with Crippen molar-refractivity contribution in [3.05, 3.63) is 34.1 Å². The van der Waals surface area contributed by atoms with Crippen LogP contribution >= 0.6 is 31.9 Å². The zero-order valence-corrected chi connectivity index (χ0v) is 10.7. The van der Waals surface area contributed by atoms with Crippen molar-refractivity contribution < 1.29 is 22.0 Å². The van der Waals surface area contributed by atoms with E-state index in [9.17, 15) is 22.0 Å². The normalized spacial score (nSPS) is 14.2. The van der Waals surface area contributed by atoms with Crippen LogP contribution in [0, 0.1) is 5.82 Å². The van der Waals surface area contributed by atoms with E-state index in [2.05, 4.69) is 31.9 Å². The predicted octanol–water partition coefficient (Wildman–Crippen LogP) is 4.92. The number of hydrogen-bond donors (Lipinski definition) is 0. The summed E-state index contributed by atoms with van der Waals surface area (Å²) in [5.41, 5.74) is -0.126. The van der Waals surface area contributed by atoms with E-state index in [1.54, 1.807) is 0 Å². The smallest absolute Gasteiger partial charge is 0.206 e. The van der Waals surface area contributed by atoms with Gasteiger partial charge in [-0.25, -0.2) is 13.2 Å². The van der Waals surface area contributed by atoms with Gasteiger partial charge < -0.3 is 0 Å². The minimum Gasteiger partial charge on any atom is -0.206 e. The molecule has 0 N–H and O–H groups in total. The average molecular weight is 368 g/mol. The third-order valence-electron chi connectivity index (χ3n) is 1.87. The lowest BCUT2D eigenvalue weighted by Crippen LogP contribution is -2.31. The molecule has 0 saturated heterocycles. The molecule has 7 heteroatoms. The van der Waals surface area contributed by atoms with Crippen molar-refractivity contribution in [1.82, 2.24) is 0 Å². The van der Waals surface area contributed by atoms with E-state index in [4.69, 9.17) is 0 Å². The van der Waals surface area contributed by atoms with Gasteiger partial charge in [0.1, 0.15) is 10.6 Å². The Hall–Kier alpha value is -0.170. The topological polar surface area (TPSA) is 0 Å². The monoisotopic (exact) mass is 366 g/mol. The first-order valence-electron chi connectivity index (χ1n) is 4.01. The van der Waals surface area contributed by atoms with Crippen LogP contribution in [0.4, 0.5) is 22.0 Å². The highest BCUT2D eigenvalue weighted by Crippen LogP contribution is 2.43. The molecule has 1 aromatic carbocycles. The summed E-state index contributed by atoms with van der Waals surface area (Å²) in [6, 6.07) is 2.98. The Balaban J connectivity index is 3.05. The first-order valence-corrected chi connectivity index (χ1v) is 5.72. The SMILES string of the molecule is Fc1ccc(C(Br)C(F)(F)C(F)F)cc1Br. The molecule has 90 valence electrons. The lowest BCUT2D eigenvalue weighted by atomic mass is 10.1. The highest BCUT2D eigenvalue weighted by atomic mass is 79.9. The number of benzene rings is 1. The van der Waals surface area contributed by atoms with Crippen LogP contribution in [0.2, 0.25) is 0 Å². The van der Waals surface area contributed by atoms with E-state index in [-0.39, 0.29) is 10.0 Å². The molecule has 0 nitrogen and oxygen atoms in total. The second kappa shape index (κ2) is 5.00. The Morgan fingerprint density at radius 2 is 1.75 bits per heavy atom. The van der Waals surface area contributed by atoms with Crippen molar-refractivity contribution in [3.8, 4) is 0 Å². The van der Waals surface area contributed by atoms with Gasteiger partial charge in [-0.15, -0.1) is 0 Å². The second-order valence-corrected chi connectivity index (χ2v) is 4.78. The maximum atomic E-state index is 13.0. The fourth-order valence-corrected chi connectivity index (χ4v) is 1.88. The first-order chi connectivity index (χ1) is 7.26. The van der Waals surface area contributed by atoms with Gasteiger partial charge in [0.15, 0.2) is 0 Å². The number of alkyl halides is 5. The molecule has 0 heterocycles. The van der Waals surface area contributed by atoms with Crippen molar-refractivity contribution in [2.45, 2.75) is 17.2 Å². The molecule has 0 amide bonds. The Morgan fingerprint density at radius 3 is 2.19 bits per heavy atom. The molecular formula is C9H5Br2F5. The molecule has 0 saturated carbocycles. The molecule has 0 aromatic heterocycles. The third kappa shape index (κ3) is 2.74. The molecule has 1 atom stereocenters. The molecule has 0 aliphatic heterocycles. The molecule has 0 aliphatic rings. The molecule has 0 radical (unpaired) electrons. The second-order valence-electron chi connectivity index (χ2n) is 3.01. The van der Waals surface area contributed by atoms with E-state index < -0.39 is 23.0 Å². The summed E-state index contributed by atoms with van der Waals surface area (Å²) >= 11 is 5.28. The fourth-order valence-electron chi connectivity index (χ4n) is 1.00. The van der Waals surface area contributed by atoms with Gasteiger partial charge in [-0.3, -0.25) is 0 Å². The molecule has 1 rings (SSSR count). The van der Waals surface area contributed by atoms with Crippen LogP contribution in [-0.2, 0) is 0 Å². The molecule has 0 bridgehead atoms. The van der Waals surface area contributed by atoms with E-state index >= 15 is 0 Å². The third-order valence-corrected chi connectivity index (χ3v) is 3.61. The Kier molecular flexibility index (Phi) is 4.34. The van der Waals surface area contributed by atoms with E-state index in [0.717, 1.165) is 18.2 Å². The number of hydrogen-bond acceptors (Lipinski definition) is 0. The summed E-state index contributed by atoms with van der Waals surface area (Å²) in [6.45, 7) is 0. The Bertz CT molecular complexity index is 380. The van der Waals surface area contributed by atoms with Crippen molar-refractivity contribution in [2.24, 2.45) is 0 Å². The van der Waals surface area contributed by atoms with Crippen molar-refractivity contribution in [2.75, 3.05) is 0 Å². The first kappa shape index (κ1) is 13.9. The van der Waals surface area contributed by atoms with Crippen LogP contribution in [0.25, 0.3) is 0 Å². The van der Waals surface area contributed by atoms with Crippen molar-refractivity contribution >= 4 is 31.9 Å². The molecule has 16 heavy (non-hydrogen) atoms. The van der Waals surface area contributed by atoms with Gasteiger partial charge in [0.25, 0.3) is 0 Å². The minimum atomic E-state index is -4.21. The summed E-state index contributed by atoms with van der Waals surface area (Å²) in [7, 11) is 0. The highest BCUT2D eigenvalue weighted by Gasteiger charge is 2.48. The Labute approximate surface area is 105 Å². The van der Waals surface area contributed by atoms with Gasteiger partial charge in [-0.2, -0.15) is 8.78 Å².